The molecule has 0 saturated carbocycles. The van der Waals surface area contributed by atoms with E-state index in [1.807, 2.05) is 18.7 Å². The molecule has 0 N–H and O–H groups in total. The predicted molar refractivity (Wildman–Crippen MR) is 55.7 cm³/mol. The minimum atomic E-state index is 0.244. The Hall–Kier alpha value is -0.570. The molecule has 0 spiro atoms. The van der Waals surface area contributed by atoms with Crippen LogP contribution in [0.5, 0.6) is 0 Å². The average Bonchev–Trinajstić information content (AvgIpc) is 2.16. The highest BCUT2D eigenvalue weighted by Gasteiger charge is 2.11. The molecule has 0 aliphatic heterocycles. The van der Waals surface area contributed by atoms with E-state index in [1.54, 1.807) is 0 Å². The predicted octanol–water partition coefficient (Wildman–Crippen LogP) is 1.20. The second-order valence-electron chi connectivity index (χ2n) is 3.03. The topological polar surface area (TPSA) is 23.6 Å². The van der Waals surface area contributed by atoms with Crippen LogP contribution in [0.15, 0.2) is 0 Å². The lowest BCUT2D eigenvalue weighted by atomic mass is 10.4. The highest BCUT2D eigenvalue weighted by Crippen LogP contribution is 1.93. The van der Waals surface area contributed by atoms with Crippen LogP contribution in [0.25, 0.3) is 0 Å². The van der Waals surface area contributed by atoms with Gasteiger partial charge in [0.25, 0.3) is 0 Å². The molecule has 0 aliphatic carbocycles. The Kier molecular flexibility index (Phi) is 6.59. The molecule has 78 valence electrons. The van der Waals surface area contributed by atoms with E-state index in [-0.39, 0.29) is 5.91 Å². The van der Waals surface area contributed by atoms with Crippen LogP contribution in [0, 0.1) is 0 Å². The van der Waals surface area contributed by atoms with Gasteiger partial charge in [0.15, 0.2) is 0 Å². The zero-order chi connectivity index (χ0) is 10.3. The van der Waals surface area contributed by atoms with Crippen LogP contribution in [-0.4, -0.2) is 48.4 Å². The molecule has 0 saturated heterocycles. The van der Waals surface area contributed by atoms with Gasteiger partial charge in [0.1, 0.15) is 0 Å². The Morgan fingerprint density at radius 2 is 1.38 bits per heavy atom. The summed E-state index contributed by atoms with van der Waals surface area (Å²) in [5.41, 5.74) is 0. The zero-order valence-electron chi connectivity index (χ0n) is 9.34. The van der Waals surface area contributed by atoms with E-state index in [0.29, 0.717) is 6.54 Å². The molecule has 0 fully saturated rings. The largest absolute Gasteiger partial charge is 0.342 e. The minimum Gasteiger partial charge on any atom is -0.342 e. The Bertz CT molecular complexity index is 140. The summed E-state index contributed by atoms with van der Waals surface area (Å²) < 4.78 is 0. The molecule has 0 heterocycles. The number of amides is 1. The zero-order valence-corrected chi connectivity index (χ0v) is 9.34. The average molecular weight is 186 g/mol. The summed E-state index contributed by atoms with van der Waals surface area (Å²) >= 11 is 0. The van der Waals surface area contributed by atoms with Gasteiger partial charge in [-0.05, 0) is 26.9 Å². The van der Waals surface area contributed by atoms with E-state index in [0.717, 1.165) is 26.2 Å². The Labute approximate surface area is 81.7 Å². The number of hydrogen-bond acceptors (Lipinski definition) is 2. The standard InChI is InChI=1S/C10H22N2O/c1-5-11(6-2)9-10(13)12(7-3)8-4/h5-9H2,1-4H3. The lowest BCUT2D eigenvalue weighted by Gasteiger charge is -2.23. The van der Waals surface area contributed by atoms with Gasteiger partial charge in [-0.15, -0.1) is 0 Å². The van der Waals surface area contributed by atoms with Crippen molar-refractivity contribution in [3.63, 3.8) is 0 Å². The highest BCUT2D eigenvalue weighted by molar-refractivity contribution is 5.78. The summed E-state index contributed by atoms with van der Waals surface area (Å²) in [6.07, 6.45) is 0. The fraction of sp³-hybridized carbons (Fsp3) is 0.900. The summed E-state index contributed by atoms with van der Waals surface area (Å²) in [7, 11) is 0. The third kappa shape index (κ3) is 4.27. The Morgan fingerprint density at radius 1 is 0.923 bits per heavy atom. The molecule has 0 rings (SSSR count). The van der Waals surface area contributed by atoms with Crippen molar-refractivity contribution in [3.05, 3.63) is 0 Å². The first-order valence-corrected chi connectivity index (χ1v) is 5.19. The summed E-state index contributed by atoms with van der Waals surface area (Å²) in [6, 6.07) is 0. The monoisotopic (exact) mass is 186 g/mol. The second kappa shape index (κ2) is 6.89. The van der Waals surface area contributed by atoms with E-state index in [4.69, 9.17) is 0 Å². The first-order valence-electron chi connectivity index (χ1n) is 5.19. The van der Waals surface area contributed by atoms with Crippen molar-refractivity contribution in [1.29, 1.82) is 0 Å². The maximum atomic E-state index is 11.6. The summed E-state index contributed by atoms with van der Waals surface area (Å²) in [5.74, 6) is 0.244. The van der Waals surface area contributed by atoms with E-state index >= 15 is 0 Å². The molecule has 3 heteroatoms. The SMILES string of the molecule is CCN(CC)CC(=O)N(CC)CC. The molecular formula is C10H22N2O. The molecule has 13 heavy (non-hydrogen) atoms. The molecule has 3 nitrogen and oxygen atoms in total. The smallest absolute Gasteiger partial charge is 0.236 e. The number of likely N-dealkylation sites (N-methyl/N-ethyl adjacent to an activating group) is 2. The third-order valence-corrected chi connectivity index (χ3v) is 2.37. The molecule has 0 aromatic carbocycles. The first kappa shape index (κ1) is 12.4. The van der Waals surface area contributed by atoms with E-state index < -0.39 is 0 Å². The number of carbonyl (C=O) groups excluding carboxylic acids is 1. The Morgan fingerprint density at radius 3 is 1.69 bits per heavy atom. The van der Waals surface area contributed by atoms with Crippen LogP contribution >= 0.6 is 0 Å². The summed E-state index contributed by atoms with van der Waals surface area (Å²) in [6.45, 7) is 12.3. The lowest BCUT2D eigenvalue weighted by Crippen LogP contribution is -2.40. The van der Waals surface area contributed by atoms with Gasteiger partial charge in [-0.25, -0.2) is 0 Å². The number of carbonyl (C=O) groups is 1. The molecule has 0 bridgehead atoms. The molecule has 0 aliphatic rings. The number of nitrogens with zero attached hydrogens (tertiary/aromatic N) is 2. The summed E-state index contributed by atoms with van der Waals surface area (Å²) in [5, 5.41) is 0. The molecule has 0 atom stereocenters. The van der Waals surface area contributed by atoms with E-state index in [9.17, 15) is 4.79 Å². The van der Waals surface area contributed by atoms with Crippen LogP contribution < -0.4 is 0 Å². The van der Waals surface area contributed by atoms with Crippen molar-refractivity contribution in [3.8, 4) is 0 Å². The normalized spacial score (nSPS) is 10.5. The molecular weight excluding hydrogens is 164 g/mol. The van der Waals surface area contributed by atoms with Gasteiger partial charge >= 0.3 is 0 Å². The lowest BCUT2D eigenvalue weighted by molar-refractivity contribution is -0.131. The van der Waals surface area contributed by atoms with E-state index in [2.05, 4.69) is 18.7 Å². The molecule has 0 radical (unpaired) electrons. The van der Waals surface area contributed by atoms with Crippen molar-refractivity contribution in [2.24, 2.45) is 0 Å². The first-order chi connectivity index (χ1) is 6.19. The van der Waals surface area contributed by atoms with Gasteiger partial charge in [0.05, 0.1) is 6.54 Å². The molecule has 0 aromatic rings. The third-order valence-electron chi connectivity index (χ3n) is 2.37. The van der Waals surface area contributed by atoms with Gasteiger partial charge in [0, 0.05) is 13.1 Å². The summed E-state index contributed by atoms with van der Waals surface area (Å²) in [4.78, 5) is 15.6. The fourth-order valence-electron chi connectivity index (χ4n) is 1.31. The number of rotatable bonds is 6. The van der Waals surface area contributed by atoms with Crippen LogP contribution in [0.4, 0.5) is 0 Å². The van der Waals surface area contributed by atoms with Gasteiger partial charge in [-0.3, -0.25) is 9.69 Å². The maximum Gasteiger partial charge on any atom is 0.236 e. The van der Waals surface area contributed by atoms with Gasteiger partial charge in [0.2, 0.25) is 5.91 Å². The highest BCUT2D eigenvalue weighted by atomic mass is 16.2. The van der Waals surface area contributed by atoms with Crippen LogP contribution in [-0.2, 0) is 4.79 Å². The van der Waals surface area contributed by atoms with Crippen molar-refractivity contribution >= 4 is 5.91 Å². The molecule has 1 amide bonds. The van der Waals surface area contributed by atoms with Crippen molar-refractivity contribution in [2.75, 3.05) is 32.7 Å². The van der Waals surface area contributed by atoms with Gasteiger partial charge in [-0.2, -0.15) is 0 Å². The van der Waals surface area contributed by atoms with Gasteiger partial charge < -0.3 is 4.90 Å². The van der Waals surface area contributed by atoms with Crippen LogP contribution in [0.1, 0.15) is 27.7 Å². The number of hydrogen-bond donors (Lipinski definition) is 0. The minimum absolute atomic E-state index is 0.244. The van der Waals surface area contributed by atoms with Crippen molar-refractivity contribution in [1.82, 2.24) is 9.80 Å². The van der Waals surface area contributed by atoms with Crippen LogP contribution in [0.2, 0.25) is 0 Å². The van der Waals surface area contributed by atoms with E-state index in [1.165, 1.54) is 0 Å². The fourth-order valence-corrected chi connectivity index (χ4v) is 1.31. The molecule has 0 unspecified atom stereocenters. The van der Waals surface area contributed by atoms with Gasteiger partial charge in [-0.1, -0.05) is 13.8 Å². The second-order valence-corrected chi connectivity index (χ2v) is 3.03. The van der Waals surface area contributed by atoms with Crippen molar-refractivity contribution < 1.29 is 4.79 Å². The maximum absolute atomic E-state index is 11.6. The molecule has 0 aromatic heterocycles. The van der Waals surface area contributed by atoms with Crippen LogP contribution in [0.3, 0.4) is 0 Å². The Balaban J connectivity index is 3.95. The quantitative estimate of drug-likeness (QED) is 0.622. The van der Waals surface area contributed by atoms with Crippen molar-refractivity contribution in [2.45, 2.75) is 27.7 Å².